The predicted octanol–water partition coefficient (Wildman–Crippen LogP) is 1.53. The average molecular weight is 379 g/mol. The van der Waals surface area contributed by atoms with Gasteiger partial charge in [0.25, 0.3) is 0 Å². The Hall–Kier alpha value is -2.63. The Balaban J connectivity index is 1.21. The topological polar surface area (TPSA) is 60.9 Å². The molecule has 2 aliphatic heterocycles. The standard InChI is InChI=1S/C22H25N3O3/c1-14-11-15-12-17(14)20-19(15)21(27)25(22(20)28)13-18(26)24-9-7-23(8-10-24)16-5-3-2-4-6-16/h2-6,11,15,17,19-20H,7-10,12-13H2,1H3/t15-,17-,19+,20-/m1/s1. The Bertz CT molecular complexity index is 857. The first-order chi connectivity index (χ1) is 13.5. The van der Waals surface area contributed by atoms with Crippen LogP contribution in [0.4, 0.5) is 5.69 Å². The number of hydrogen-bond acceptors (Lipinski definition) is 4. The molecule has 6 heteroatoms. The van der Waals surface area contributed by atoms with Crippen molar-refractivity contribution in [3.8, 4) is 0 Å². The van der Waals surface area contributed by atoms with E-state index in [-0.39, 0.29) is 47.9 Å². The molecule has 1 aromatic carbocycles. The summed E-state index contributed by atoms with van der Waals surface area (Å²) in [6.45, 7) is 4.70. The molecule has 5 rings (SSSR count). The van der Waals surface area contributed by atoms with Crippen LogP contribution in [0.3, 0.4) is 0 Å². The van der Waals surface area contributed by atoms with Crippen LogP contribution in [0.5, 0.6) is 0 Å². The van der Waals surface area contributed by atoms with Gasteiger partial charge in [-0.2, -0.15) is 0 Å². The lowest BCUT2D eigenvalue weighted by atomic mass is 9.82. The maximum atomic E-state index is 12.9. The maximum Gasteiger partial charge on any atom is 0.242 e. The summed E-state index contributed by atoms with van der Waals surface area (Å²) in [5.74, 6) is -0.476. The number of nitrogens with zero attached hydrogens (tertiary/aromatic N) is 3. The number of likely N-dealkylation sites (tertiary alicyclic amines) is 1. The van der Waals surface area contributed by atoms with Crippen molar-refractivity contribution >= 4 is 23.4 Å². The number of fused-ring (bicyclic) bond motifs is 5. The van der Waals surface area contributed by atoms with Crippen molar-refractivity contribution < 1.29 is 14.4 Å². The second-order valence-electron chi connectivity index (χ2n) is 8.43. The molecule has 2 saturated heterocycles. The van der Waals surface area contributed by atoms with Gasteiger partial charge >= 0.3 is 0 Å². The van der Waals surface area contributed by atoms with Crippen molar-refractivity contribution in [3.05, 3.63) is 42.0 Å². The van der Waals surface area contributed by atoms with Gasteiger partial charge in [0, 0.05) is 31.9 Å². The van der Waals surface area contributed by atoms with Crippen LogP contribution < -0.4 is 4.90 Å². The Morgan fingerprint density at radius 1 is 1.00 bits per heavy atom. The number of piperazine rings is 1. The molecule has 0 spiro atoms. The van der Waals surface area contributed by atoms with Gasteiger partial charge in [0.15, 0.2) is 0 Å². The van der Waals surface area contributed by atoms with E-state index in [0.717, 1.165) is 25.2 Å². The summed E-state index contributed by atoms with van der Waals surface area (Å²) in [6, 6.07) is 10.2. The third kappa shape index (κ3) is 2.58. The minimum atomic E-state index is -0.232. The van der Waals surface area contributed by atoms with Gasteiger partial charge in [-0.25, -0.2) is 0 Å². The summed E-state index contributed by atoms with van der Waals surface area (Å²) >= 11 is 0. The van der Waals surface area contributed by atoms with Gasteiger partial charge < -0.3 is 9.80 Å². The lowest BCUT2D eigenvalue weighted by Gasteiger charge is -2.36. The van der Waals surface area contributed by atoms with E-state index in [9.17, 15) is 14.4 Å². The van der Waals surface area contributed by atoms with Gasteiger partial charge in [0.05, 0.1) is 11.8 Å². The molecule has 0 unspecified atom stereocenters. The van der Waals surface area contributed by atoms with Crippen LogP contribution in [-0.2, 0) is 14.4 Å². The highest BCUT2D eigenvalue weighted by Crippen LogP contribution is 2.55. The third-order valence-corrected chi connectivity index (χ3v) is 7.02. The van der Waals surface area contributed by atoms with Crippen molar-refractivity contribution in [2.75, 3.05) is 37.6 Å². The molecular weight excluding hydrogens is 354 g/mol. The number of rotatable bonds is 3. The summed E-state index contributed by atoms with van der Waals surface area (Å²) in [4.78, 5) is 43.8. The molecule has 0 aromatic heterocycles. The van der Waals surface area contributed by atoms with Gasteiger partial charge in [-0.1, -0.05) is 29.8 Å². The van der Waals surface area contributed by atoms with Crippen LogP contribution >= 0.6 is 0 Å². The SMILES string of the molecule is CC1=C[C@@H]2C[C@H]1[C@H]1C(=O)N(CC(=O)N3CCN(c4ccccc4)CC3)C(=O)[C@H]12. The minimum Gasteiger partial charge on any atom is -0.368 e. The molecule has 4 aliphatic rings. The van der Waals surface area contributed by atoms with E-state index in [2.05, 4.69) is 30.0 Å². The monoisotopic (exact) mass is 379 g/mol. The maximum absolute atomic E-state index is 12.9. The molecule has 0 radical (unpaired) electrons. The number of anilines is 1. The van der Waals surface area contributed by atoms with Gasteiger partial charge in [0.1, 0.15) is 6.54 Å². The summed E-state index contributed by atoms with van der Waals surface area (Å²) in [6.07, 6.45) is 3.08. The molecule has 3 fully saturated rings. The summed E-state index contributed by atoms with van der Waals surface area (Å²) in [7, 11) is 0. The zero-order chi connectivity index (χ0) is 19.4. The van der Waals surface area contributed by atoms with Crippen LogP contribution in [0.25, 0.3) is 0 Å². The second-order valence-corrected chi connectivity index (χ2v) is 8.43. The lowest BCUT2D eigenvalue weighted by molar-refractivity contribution is -0.147. The van der Waals surface area contributed by atoms with Gasteiger partial charge in [-0.05, 0) is 37.3 Å². The molecule has 146 valence electrons. The van der Waals surface area contributed by atoms with E-state index in [1.807, 2.05) is 18.2 Å². The van der Waals surface area contributed by atoms with Gasteiger partial charge in [0.2, 0.25) is 17.7 Å². The highest BCUT2D eigenvalue weighted by Gasteiger charge is 2.60. The number of imide groups is 1. The fraction of sp³-hybridized carbons (Fsp3) is 0.500. The summed E-state index contributed by atoms with van der Waals surface area (Å²) < 4.78 is 0. The van der Waals surface area contributed by atoms with E-state index in [4.69, 9.17) is 0 Å². The normalized spacial score (nSPS) is 31.5. The number of amides is 3. The predicted molar refractivity (Wildman–Crippen MR) is 104 cm³/mol. The molecule has 6 nitrogen and oxygen atoms in total. The van der Waals surface area contributed by atoms with E-state index >= 15 is 0 Å². The smallest absolute Gasteiger partial charge is 0.242 e. The first kappa shape index (κ1) is 17.5. The van der Waals surface area contributed by atoms with Crippen LogP contribution in [0, 0.1) is 23.7 Å². The number of carbonyl (C=O) groups excluding carboxylic acids is 3. The Kier molecular flexibility index (Phi) is 4.03. The number of para-hydroxylation sites is 1. The number of allylic oxidation sites excluding steroid dienone is 2. The molecule has 1 aromatic rings. The Morgan fingerprint density at radius 2 is 1.68 bits per heavy atom. The molecule has 2 heterocycles. The van der Waals surface area contributed by atoms with Gasteiger partial charge in [-0.15, -0.1) is 0 Å². The third-order valence-electron chi connectivity index (χ3n) is 7.02. The van der Waals surface area contributed by atoms with Crippen molar-refractivity contribution in [2.45, 2.75) is 13.3 Å². The minimum absolute atomic E-state index is 0.103. The first-order valence-electron chi connectivity index (χ1n) is 10.2. The quantitative estimate of drug-likeness (QED) is 0.590. The summed E-state index contributed by atoms with van der Waals surface area (Å²) in [5, 5.41) is 0. The molecule has 3 amide bonds. The van der Waals surface area contributed by atoms with E-state index in [1.165, 1.54) is 10.5 Å². The number of carbonyl (C=O) groups is 3. The van der Waals surface area contributed by atoms with Gasteiger partial charge in [-0.3, -0.25) is 19.3 Å². The molecule has 1 saturated carbocycles. The van der Waals surface area contributed by atoms with Crippen LogP contribution in [0.1, 0.15) is 13.3 Å². The Labute approximate surface area is 164 Å². The average Bonchev–Trinajstić information content (AvgIpc) is 3.35. The zero-order valence-electron chi connectivity index (χ0n) is 16.1. The first-order valence-corrected chi connectivity index (χ1v) is 10.2. The van der Waals surface area contributed by atoms with Crippen molar-refractivity contribution in [2.24, 2.45) is 23.7 Å². The van der Waals surface area contributed by atoms with Crippen molar-refractivity contribution in [1.29, 1.82) is 0 Å². The van der Waals surface area contributed by atoms with E-state index in [0.29, 0.717) is 13.1 Å². The summed E-state index contributed by atoms with van der Waals surface area (Å²) in [5.41, 5.74) is 2.39. The molecule has 4 atom stereocenters. The molecule has 2 aliphatic carbocycles. The highest BCUT2D eigenvalue weighted by atomic mass is 16.2. The van der Waals surface area contributed by atoms with Crippen LogP contribution in [-0.4, -0.2) is 60.2 Å². The van der Waals surface area contributed by atoms with Crippen LogP contribution in [0.2, 0.25) is 0 Å². The van der Waals surface area contributed by atoms with Crippen molar-refractivity contribution in [1.82, 2.24) is 9.80 Å². The molecule has 0 N–H and O–H groups in total. The number of benzene rings is 1. The molecule has 28 heavy (non-hydrogen) atoms. The number of hydrogen-bond donors (Lipinski definition) is 0. The Morgan fingerprint density at radius 3 is 2.39 bits per heavy atom. The van der Waals surface area contributed by atoms with Crippen molar-refractivity contribution in [3.63, 3.8) is 0 Å². The highest BCUT2D eigenvalue weighted by molar-refractivity contribution is 6.08. The second kappa shape index (κ2) is 6.47. The van der Waals surface area contributed by atoms with E-state index in [1.54, 1.807) is 4.90 Å². The molecule has 2 bridgehead atoms. The van der Waals surface area contributed by atoms with E-state index < -0.39 is 0 Å². The van der Waals surface area contributed by atoms with Crippen LogP contribution in [0.15, 0.2) is 42.0 Å². The zero-order valence-corrected chi connectivity index (χ0v) is 16.1. The fourth-order valence-electron chi connectivity index (χ4n) is 5.58. The lowest BCUT2D eigenvalue weighted by Crippen LogP contribution is -2.52. The molecular formula is C22H25N3O3. The fourth-order valence-corrected chi connectivity index (χ4v) is 5.58. The largest absolute Gasteiger partial charge is 0.368 e.